The summed E-state index contributed by atoms with van der Waals surface area (Å²) in [6, 6.07) is 10.7. The van der Waals surface area contributed by atoms with Gasteiger partial charge in [-0.2, -0.15) is 0 Å². The summed E-state index contributed by atoms with van der Waals surface area (Å²) in [5, 5.41) is 5.38. The van der Waals surface area contributed by atoms with Gasteiger partial charge in [-0.15, -0.1) is 11.3 Å². The van der Waals surface area contributed by atoms with E-state index in [0.717, 1.165) is 18.7 Å². The Hall–Kier alpha value is -1.19. The molecule has 0 spiro atoms. The average molecular weight is 221 g/mol. The van der Waals surface area contributed by atoms with Crippen molar-refractivity contribution in [3.05, 3.63) is 58.0 Å². The first-order valence-corrected chi connectivity index (χ1v) is 5.70. The molecule has 0 aliphatic carbocycles. The van der Waals surface area contributed by atoms with Crippen LogP contribution in [0.5, 0.6) is 0 Å². The molecule has 0 atom stereocenters. The zero-order valence-electron chi connectivity index (χ0n) is 8.24. The summed E-state index contributed by atoms with van der Waals surface area (Å²) in [6.45, 7) is 1.65. The molecule has 2 aromatic rings. The average Bonchev–Trinajstić information content (AvgIpc) is 2.74. The highest BCUT2D eigenvalue weighted by Gasteiger charge is 1.95. The number of hydrogen-bond acceptors (Lipinski definition) is 2. The van der Waals surface area contributed by atoms with E-state index in [1.807, 2.05) is 6.07 Å². The van der Waals surface area contributed by atoms with Gasteiger partial charge in [0, 0.05) is 18.0 Å². The number of hydrogen-bond donors (Lipinski definition) is 1. The van der Waals surface area contributed by atoms with Crippen LogP contribution in [-0.2, 0) is 13.1 Å². The van der Waals surface area contributed by atoms with E-state index in [2.05, 4.69) is 16.8 Å². The second-order valence-corrected chi connectivity index (χ2v) is 4.34. The quantitative estimate of drug-likeness (QED) is 0.836. The lowest BCUT2D eigenvalue weighted by atomic mass is 10.2. The minimum atomic E-state index is -0.183. The van der Waals surface area contributed by atoms with Gasteiger partial charge in [0.15, 0.2) is 0 Å². The summed E-state index contributed by atoms with van der Waals surface area (Å²) in [7, 11) is 0. The lowest BCUT2D eigenvalue weighted by Crippen LogP contribution is -2.11. The van der Waals surface area contributed by atoms with Gasteiger partial charge in [-0.25, -0.2) is 4.39 Å². The number of halogens is 1. The Morgan fingerprint density at radius 3 is 2.53 bits per heavy atom. The van der Waals surface area contributed by atoms with Crippen LogP contribution in [0.3, 0.4) is 0 Å². The predicted molar refractivity (Wildman–Crippen MR) is 61.3 cm³/mol. The number of thiophene rings is 1. The minimum Gasteiger partial charge on any atom is -0.308 e. The Bertz CT molecular complexity index is 394. The van der Waals surface area contributed by atoms with Gasteiger partial charge in [0.25, 0.3) is 0 Å². The first kappa shape index (κ1) is 10.3. The molecular weight excluding hydrogens is 209 g/mol. The maximum atomic E-state index is 12.6. The molecule has 0 fully saturated rings. The molecule has 1 heterocycles. The third kappa shape index (κ3) is 3.15. The van der Waals surface area contributed by atoms with Crippen molar-refractivity contribution in [2.24, 2.45) is 0 Å². The monoisotopic (exact) mass is 221 g/mol. The molecule has 0 unspecified atom stereocenters. The molecule has 78 valence electrons. The Morgan fingerprint density at radius 2 is 1.87 bits per heavy atom. The third-order valence-corrected chi connectivity index (χ3v) is 3.00. The van der Waals surface area contributed by atoms with Crippen molar-refractivity contribution in [3.8, 4) is 0 Å². The number of rotatable bonds is 4. The molecular formula is C12H12FNS. The van der Waals surface area contributed by atoms with Crippen molar-refractivity contribution in [2.45, 2.75) is 13.1 Å². The van der Waals surface area contributed by atoms with Gasteiger partial charge in [-0.1, -0.05) is 18.2 Å². The van der Waals surface area contributed by atoms with Gasteiger partial charge in [-0.05, 0) is 29.1 Å². The summed E-state index contributed by atoms with van der Waals surface area (Å²) in [5.41, 5.74) is 1.10. The maximum absolute atomic E-state index is 12.6. The molecule has 2 rings (SSSR count). The number of nitrogens with one attached hydrogen (secondary N) is 1. The molecule has 1 aromatic heterocycles. The van der Waals surface area contributed by atoms with Crippen LogP contribution in [0.1, 0.15) is 10.4 Å². The molecule has 1 aromatic carbocycles. The van der Waals surface area contributed by atoms with E-state index < -0.39 is 0 Å². The van der Waals surface area contributed by atoms with Crippen molar-refractivity contribution in [1.29, 1.82) is 0 Å². The van der Waals surface area contributed by atoms with E-state index in [-0.39, 0.29) is 5.82 Å². The van der Waals surface area contributed by atoms with Crippen molar-refractivity contribution in [1.82, 2.24) is 5.32 Å². The fourth-order valence-corrected chi connectivity index (χ4v) is 2.02. The highest BCUT2D eigenvalue weighted by Crippen LogP contribution is 2.08. The first-order valence-electron chi connectivity index (χ1n) is 4.82. The summed E-state index contributed by atoms with van der Waals surface area (Å²) in [6.07, 6.45) is 0. The minimum absolute atomic E-state index is 0.183. The second-order valence-electron chi connectivity index (χ2n) is 3.31. The van der Waals surface area contributed by atoms with E-state index in [1.54, 1.807) is 23.5 Å². The molecule has 15 heavy (non-hydrogen) atoms. The Balaban J connectivity index is 1.81. The van der Waals surface area contributed by atoms with Crippen molar-refractivity contribution in [2.75, 3.05) is 0 Å². The van der Waals surface area contributed by atoms with E-state index in [0.29, 0.717) is 0 Å². The molecule has 1 nitrogen and oxygen atoms in total. The summed E-state index contributed by atoms with van der Waals surface area (Å²) >= 11 is 1.74. The molecule has 3 heteroatoms. The lowest BCUT2D eigenvalue weighted by Gasteiger charge is -2.02. The Labute approximate surface area is 92.6 Å². The van der Waals surface area contributed by atoms with Gasteiger partial charge in [0.1, 0.15) is 5.82 Å². The van der Waals surface area contributed by atoms with Crippen LogP contribution >= 0.6 is 11.3 Å². The van der Waals surface area contributed by atoms with Crippen molar-refractivity contribution < 1.29 is 4.39 Å². The fourth-order valence-electron chi connectivity index (χ4n) is 1.35. The van der Waals surface area contributed by atoms with E-state index in [4.69, 9.17) is 0 Å². The van der Waals surface area contributed by atoms with Crippen LogP contribution < -0.4 is 5.32 Å². The van der Waals surface area contributed by atoms with Gasteiger partial charge in [-0.3, -0.25) is 0 Å². The van der Waals surface area contributed by atoms with Crippen molar-refractivity contribution in [3.63, 3.8) is 0 Å². The standard InChI is InChI=1S/C12H12FNS/c13-11-5-3-10(4-6-11)8-14-9-12-2-1-7-15-12/h1-7,14H,8-9H2. The summed E-state index contributed by atoms with van der Waals surface area (Å²) < 4.78 is 12.6. The largest absolute Gasteiger partial charge is 0.308 e. The second kappa shape index (κ2) is 5.05. The van der Waals surface area contributed by atoms with Crippen molar-refractivity contribution >= 4 is 11.3 Å². The predicted octanol–water partition coefficient (Wildman–Crippen LogP) is 3.18. The molecule has 0 saturated heterocycles. The summed E-state index contributed by atoms with van der Waals surface area (Å²) in [4.78, 5) is 1.32. The molecule has 0 aliphatic rings. The smallest absolute Gasteiger partial charge is 0.123 e. The maximum Gasteiger partial charge on any atom is 0.123 e. The van der Waals surface area contributed by atoms with Crippen LogP contribution in [0, 0.1) is 5.82 Å². The molecule has 0 bridgehead atoms. The van der Waals surface area contributed by atoms with Crippen LogP contribution in [0.4, 0.5) is 4.39 Å². The fraction of sp³-hybridized carbons (Fsp3) is 0.167. The molecule has 0 radical (unpaired) electrons. The zero-order chi connectivity index (χ0) is 10.5. The SMILES string of the molecule is Fc1ccc(CNCc2cccs2)cc1. The lowest BCUT2D eigenvalue weighted by molar-refractivity contribution is 0.625. The zero-order valence-corrected chi connectivity index (χ0v) is 9.06. The van der Waals surface area contributed by atoms with Gasteiger partial charge in [0.05, 0.1) is 0 Å². The first-order chi connectivity index (χ1) is 7.34. The van der Waals surface area contributed by atoms with Gasteiger partial charge < -0.3 is 5.32 Å². The molecule has 1 N–H and O–H groups in total. The van der Waals surface area contributed by atoms with E-state index in [1.165, 1.54) is 17.0 Å². The van der Waals surface area contributed by atoms with Crippen LogP contribution in [0.15, 0.2) is 41.8 Å². The molecule has 0 aliphatic heterocycles. The van der Waals surface area contributed by atoms with Crippen LogP contribution in [0.2, 0.25) is 0 Å². The molecule has 0 amide bonds. The van der Waals surface area contributed by atoms with Gasteiger partial charge in [0.2, 0.25) is 0 Å². The van der Waals surface area contributed by atoms with Crippen LogP contribution in [0.25, 0.3) is 0 Å². The normalized spacial score (nSPS) is 10.5. The topological polar surface area (TPSA) is 12.0 Å². The Kier molecular flexibility index (Phi) is 3.48. The molecule has 0 saturated carbocycles. The Morgan fingerprint density at radius 1 is 1.07 bits per heavy atom. The summed E-state index contributed by atoms with van der Waals surface area (Å²) in [5.74, 6) is -0.183. The number of benzene rings is 1. The van der Waals surface area contributed by atoms with E-state index in [9.17, 15) is 4.39 Å². The van der Waals surface area contributed by atoms with E-state index >= 15 is 0 Å². The van der Waals surface area contributed by atoms with Crippen LogP contribution in [-0.4, -0.2) is 0 Å². The van der Waals surface area contributed by atoms with Gasteiger partial charge >= 0.3 is 0 Å². The third-order valence-electron chi connectivity index (χ3n) is 2.12. The highest BCUT2D eigenvalue weighted by atomic mass is 32.1. The highest BCUT2D eigenvalue weighted by molar-refractivity contribution is 7.09.